The molecule has 5 nitrogen and oxygen atoms in total. The number of rotatable bonds is 4. The van der Waals surface area contributed by atoms with E-state index in [-0.39, 0.29) is 17.2 Å². The van der Waals surface area contributed by atoms with Gasteiger partial charge in [-0.2, -0.15) is 13.2 Å². The number of pyridine rings is 1. The Balaban J connectivity index is 3.24. The lowest BCUT2D eigenvalue weighted by atomic mass is 10.2. The van der Waals surface area contributed by atoms with E-state index in [9.17, 15) is 13.2 Å². The van der Waals surface area contributed by atoms with Crippen LogP contribution in [0.15, 0.2) is 23.5 Å². The van der Waals surface area contributed by atoms with Crippen LogP contribution < -0.4 is 10.6 Å². The molecule has 0 fully saturated rings. The number of oxime groups is 1. The topological polar surface area (TPSA) is 74.7 Å². The number of hydrogen-bond acceptors (Lipinski definition) is 4. The van der Waals surface area contributed by atoms with E-state index in [1.807, 2.05) is 0 Å². The Morgan fingerprint density at radius 1 is 1.53 bits per heavy atom. The second-order valence-corrected chi connectivity index (χ2v) is 4.19. The molecular formula is C11H15F3N4O. The Morgan fingerprint density at radius 2 is 2.16 bits per heavy atom. The maximum Gasteiger partial charge on any atom is 0.405 e. The fraction of sp³-hybridized carbons (Fsp3) is 0.455. The molecule has 0 atom stereocenters. The van der Waals surface area contributed by atoms with Crippen LogP contribution in [0.4, 0.5) is 18.9 Å². The lowest BCUT2D eigenvalue weighted by Gasteiger charge is -2.30. The summed E-state index contributed by atoms with van der Waals surface area (Å²) in [4.78, 5) is 4.96. The minimum Gasteiger partial charge on any atom is -0.409 e. The molecule has 0 aliphatic rings. The molecule has 0 saturated carbocycles. The van der Waals surface area contributed by atoms with Crippen molar-refractivity contribution in [2.75, 3.05) is 11.4 Å². The van der Waals surface area contributed by atoms with Gasteiger partial charge in [0.05, 0.1) is 5.69 Å². The van der Waals surface area contributed by atoms with E-state index in [1.165, 1.54) is 18.3 Å². The number of alkyl halides is 3. The summed E-state index contributed by atoms with van der Waals surface area (Å²) < 4.78 is 37.8. The van der Waals surface area contributed by atoms with Crippen molar-refractivity contribution in [2.45, 2.75) is 26.1 Å². The predicted molar refractivity (Wildman–Crippen MR) is 65.3 cm³/mol. The van der Waals surface area contributed by atoms with E-state index in [1.54, 1.807) is 13.8 Å². The summed E-state index contributed by atoms with van der Waals surface area (Å²) in [5, 5.41) is 11.4. The number of nitrogens with zero attached hydrogens (tertiary/aromatic N) is 3. The van der Waals surface area contributed by atoms with Gasteiger partial charge in [0, 0.05) is 12.2 Å². The number of hydrogen-bond donors (Lipinski definition) is 2. The zero-order valence-electron chi connectivity index (χ0n) is 10.5. The van der Waals surface area contributed by atoms with E-state index in [4.69, 9.17) is 10.9 Å². The lowest BCUT2D eigenvalue weighted by molar-refractivity contribution is -0.120. The maximum atomic E-state index is 12.6. The first-order chi connectivity index (χ1) is 8.76. The fourth-order valence-corrected chi connectivity index (χ4v) is 1.61. The van der Waals surface area contributed by atoms with Gasteiger partial charge in [-0.05, 0) is 26.0 Å². The second-order valence-electron chi connectivity index (χ2n) is 4.19. The van der Waals surface area contributed by atoms with E-state index >= 15 is 0 Å². The maximum absolute atomic E-state index is 12.6. The monoisotopic (exact) mass is 276 g/mol. The van der Waals surface area contributed by atoms with Gasteiger partial charge in [0.1, 0.15) is 12.2 Å². The normalized spacial score (nSPS) is 12.8. The van der Waals surface area contributed by atoms with Gasteiger partial charge in [0.15, 0.2) is 5.84 Å². The first-order valence-corrected chi connectivity index (χ1v) is 5.52. The zero-order chi connectivity index (χ0) is 14.6. The predicted octanol–water partition coefficient (Wildman–Crippen LogP) is 1.95. The largest absolute Gasteiger partial charge is 0.409 e. The first-order valence-electron chi connectivity index (χ1n) is 5.52. The summed E-state index contributed by atoms with van der Waals surface area (Å²) in [6.07, 6.45) is -2.99. The number of amidine groups is 1. The fourth-order valence-electron chi connectivity index (χ4n) is 1.61. The SMILES string of the molecule is CC(C)N(CC(F)(F)F)c1cccnc1/C(N)=N/O. The molecule has 0 saturated heterocycles. The highest BCUT2D eigenvalue weighted by Gasteiger charge is 2.33. The van der Waals surface area contributed by atoms with Crippen LogP contribution in [-0.2, 0) is 0 Å². The molecule has 0 bridgehead atoms. The number of halogens is 3. The minimum atomic E-state index is -4.36. The van der Waals surface area contributed by atoms with E-state index < -0.39 is 18.8 Å². The number of aromatic nitrogens is 1. The summed E-state index contributed by atoms with van der Waals surface area (Å²) >= 11 is 0. The van der Waals surface area contributed by atoms with E-state index in [0.29, 0.717) is 0 Å². The van der Waals surface area contributed by atoms with Gasteiger partial charge in [-0.15, -0.1) is 0 Å². The number of anilines is 1. The van der Waals surface area contributed by atoms with Crippen LogP contribution in [0.2, 0.25) is 0 Å². The third-order valence-corrected chi connectivity index (χ3v) is 2.42. The zero-order valence-corrected chi connectivity index (χ0v) is 10.5. The second kappa shape index (κ2) is 5.77. The van der Waals surface area contributed by atoms with Gasteiger partial charge in [-0.25, -0.2) is 0 Å². The van der Waals surface area contributed by atoms with Crippen molar-refractivity contribution in [3.05, 3.63) is 24.0 Å². The van der Waals surface area contributed by atoms with Crippen LogP contribution in [0.5, 0.6) is 0 Å². The average molecular weight is 276 g/mol. The third kappa shape index (κ3) is 4.01. The van der Waals surface area contributed by atoms with Gasteiger partial charge in [0.25, 0.3) is 0 Å². The first kappa shape index (κ1) is 15.1. The molecule has 0 radical (unpaired) electrons. The van der Waals surface area contributed by atoms with Gasteiger partial charge < -0.3 is 15.8 Å². The van der Waals surface area contributed by atoms with Crippen molar-refractivity contribution < 1.29 is 18.4 Å². The molecule has 0 amide bonds. The number of nitrogens with two attached hydrogens (primary N) is 1. The highest BCUT2D eigenvalue weighted by molar-refractivity contribution is 6.00. The molecule has 8 heteroatoms. The molecular weight excluding hydrogens is 261 g/mol. The van der Waals surface area contributed by atoms with Gasteiger partial charge >= 0.3 is 6.18 Å². The molecule has 3 N–H and O–H groups in total. The lowest BCUT2D eigenvalue weighted by Crippen LogP contribution is -2.40. The van der Waals surface area contributed by atoms with Crippen molar-refractivity contribution in [3.8, 4) is 0 Å². The summed E-state index contributed by atoms with van der Waals surface area (Å²) in [6.45, 7) is 2.10. The van der Waals surface area contributed by atoms with Crippen molar-refractivity contribution in [2.24, 2.45) is 10.9 Å². The summed E-state index contributed by atoms with van der Waals surface area (Å²) in [5.41, 5.74) is 5.61. The average Bonchev–Trinajstić information content (AvgIpc) is 2.33. The molecule has 1 heterocycles. The molecule has 1 aromatic heterocycles. The molecule has 0 aromatic carbocycles. The van der Waals surface area contributed by atoms with E-state index in [2.05, 4.69) is 10.1 Å². The highest BCUT2D eigenvalue weighted by atomic mass is 19.4. The Kier molecular flexibility index (Phi) is 4.57. The van der Waals surface area contributed by atoms with Crippen LogP contribution in [-0.4, -0.2) is 34.8 Å². The molecule has 0 spiro atoms. The minimum absolute atomic E-state index is 0.0166. The van der Waals surface area contributed by atoms with Crippen LogP contribution >= 0.6 is 0 Å². The standard InChI is InChI=1S/C11H15F3N4O/c1-7(2)18(6-11(12,13)14)8-4-3-5-16-9(8)10(15)17-19/h3-5,7,19H,6H2,1-2H3,(H2,15,17). The van der Waals surface area contributed by atoms with Crippen molar-refractivity contribution in [3.63, 3.8) is 0 Å². The Bertz CT molecular complexity index is 459. The summed E-state index contributed by atoms with van der Waals surface area (Å²) in [6, 6.07) is 2.53. The quantitative estimate of drug-likeness (QED) is 0.381. The third-order valence-electron chi connectivity index (χ3n) is 2.42. The molecule has 106 valence electrons. The Morgan fingerprint density at radius 3 is 2.63 bits per heavy atom. The molecule has 0 aliphatic carbocycles. The van der Waals surface area contributed by atoms with Gasteiger partial charge in [-0.1, -0.05) is 5.16 Å². The van der Waals surface area contributed by atoms with Crippen LogP contribution in [0, 0.1) is 0 Å². The van der Waals surface area contributed by atoms with Gasteiger partial charge in [-0.3, -0.25) is 4.98 Å². The van der Waals surface area contributed by atoms with Crippen molar-refractivity contribution >= 4 is 11.5 Å². The van der Waals surface area contributed by atoms with Crippen molar-refractivity contribution in [1.82, 2.24) is 4.98 Å². The van der Waals surface area contributed by atoms with Crippen LogP contribution in [0.1, 0.15) is 19.5 Å². The molecule has 1 aromatic rings. The highest BCUT2D eigenvalue weighted by Crippen LogP contribution is 2.26. The smallest absolute Gasteiger partial charge is 0.405 e. The molecule has 19 heavy (non-hydrogen) atoms. The molecule has 1 rings (SSSR count). The van der Waals surface area contributed by atoms with E-state index in [0.717, 1.165) is 4.90 Å². The van der Waals surface area contributed by atoms with Crippen LogP contribution in [0.3, 0.4) is 0 Å². The summed E-state index contributed by atoms with van der Waals surface area (Å²) in [7, 11) is 0. The Hall–Kier alpha value is -1.99. The van der Waals surface area contributed by atoms with Crippen molar-refractivity contribution in [1.29, 1.82) is 0 Å². The molecule has 0 unspecified atom stereocenters. The Labute approximate surface area is 108 Å². The van der Waals surface area contributed by atoms with Gasteiger partial charge in [0.2, 0.25) is 0 Å². The van der Waals surface area contributed by atoms with Crippen LogP contribution in [0.25, 0.3) is 0 Å². The summed E-state index contributed by atoms with van der Waals surface area (Å²) in [5.74, 6) is -0.330. The molecule has 0 aliphatic heterocycles.